The van der Waals surface area contributed by atoms with Crippen LogP contribution in [-0.4, -0.2) is 40.5 Å². The van der Waals surface area contributed by atoms with Gasteiger partial charge in [0.1, 0.15) is 12.7 Å². The zero-order valence-corrected chi connectivity index (χ0v) is 8.97. The fourth-order valence-corrected chi connectivity index (χ4v) is 1.28. The van der Waals surface area contributed by atoms with Crippen molar-refractivity contribution in [3.63, 3.8) is 0 Å². The number of rotatable bonds is 1. The van der Waals surface area contributed by atoms with E-state index >= 15 is 0 Å². The van der Waals surface area contributed by atoms with E-state index in [1.807, 2.05) is 0 Å². The van der Waals surface area contributed by atoms with Gasteiger partial charge < -0.3 is 10.1 Å². The van der Waals surface area contributed by atoms with Crippen LogP contribution in [0, 0.1) is 10.1 Å². The van der Waals surface area contributed by atoms with Crippen molar-refractivity contribution in [2.75, 3.05) is 0 Å². The summed E-state index contributed by atoms with van der Waals surface area (Å²) in [5.41, 5.74) is 0. The SMILES string of the molecule is O=C(n1cncn1)n1nc([N+](=O)[O-])nc1Br. The van der Waals surface area contributed by atoms with Crippen LogP contribution in [0.1, 0.15) is 0 Å². The third-order valence-corrected chi connectivity index (χ3v) is 2.03. The molecule has 0 amide bonds. The summed E-state index contributed by atoms with van der Waals surface area (Å²) in [5.74, 6) is -0.680. The van der Waals surface area contributed by atoms with E-state index in [0.717, 1.165) is 17.3 Å². The van der Waals surface area contributed by atoms with Gasteiger partial charge in [0.25, 0.3) is 4.73 Å². The van der Waals surface area contributed by atoms with Gasteiger partial charge in [0, 0.05) is 21.0 Å². The van der Waals surface area contributed by atoms with Gasteiger partial charge in [-0.15, -0.1) is 0 Å². The summed E-state index contributed by atoms with van der Waals surface area (Å²) < 4.78 is 1.48. The third-order valence-electron chi connectivity index (χ3n) is 1.52. The number of nitro groups is 1. The van der Waals surface area contributed by atoms with Crippen molar-refractivity contribution >= 4 is 27.9 Å². The van der Waals surface area contributed by atoms with Gasteiger partial charge in [0.15, 0.2) is 0 Å². The fourth-order valence-electron chi connectivity index (χ4n) is 0.886. The number of halogens is 1. The van der Waals surface area contributed by atoms with Crippen LogP contribution in [0.25, 0.3) is 0 Å². The standard InChI is InChI=1S/C5H2BrN7O3/c6-3-9-4(13(15)16)10-12(3)5(14)11-2-7-1-8-11/h1-2H. The van der Waals surface area contributed by atoms with E-state index in [1.54, 1.807) is 0 Å². The first-order valence-electron chi connectivity index (χ1n) is 3.76. The molecular formula is C5H2BrN7O3. The average molecular weight is 288 g/mol. The first-order chi connectivity index (χ1) is 7.59. The minimum absolute atomic E-state index is 0.0836. The lowest BCUT2D eigenvalue weighted by Gasteiger charge is -1.93. The molecule has 0 aliphatic carbocycles. The molecule has 0 atom stereocenters. The molecule has 2 aromatic heterocycles. The Hall–Kier alpha value is -2.17. The molecule has 11 heteroatoms. The number of nitrogens with zero attached hydrogens (tertiary/aromatic N) is 7. The summed E-state index contributed by atoms with van der Waals surface area (Å²) >= 11 is 2.87. The van der Waals surface area contributed by atoms with E-state index in [1.165, 1.54) is 0 Å². The van der Waals surface area contributed by atoms with Gasteiger partial charge in [0.05, 0.1) is 0 Å². The van der Waals surface area contributed by atoms with E-state index in [4.69, 9.17) is 0 Å². The van der Waals surface area contributed by atoms with Crippen LogP contribution in [0.3, 0.4) is 0 Å². The summed E-state index contributed by atoms with van der Waals surface area (Å²) in [5, 5.41) is 17.3. The second kappa shape index (κ2) is 3.77. The molecule has 16 heavy (non-hydrogen) atoms. The summed E-state index contributed by atoms with van der Waals surface area (Å²) in [6.07, 6.45) is 2.29. The lowest BCUT2D eigenvalue weighted by atomic mass is 10.9. The van der Waals surface area contributed by atoms with E-state index in [9.17, 15) is 14.9 Å². The third kappa shape index (κ3) is 1.67. The van der Waals surface area contributed by atoms with Crippen LogP contribution in [-0.2, 0) is 0 Å². The largest absolute Gasteiger partial charge is 0.492 e. The molecule has 82 valence electrons. The van der Waals surface area contributed by atoms with Crippen molar-refractivity contribution in [1.82, 2.24) is 29.5 Å². The summed E-state index contributed by atoms with van der Waals surface area (Å²) in [6.45, 7) is 0. The van der Waals surface area contributed by atoms with E-state index in [2.05, 4.69) is 36.1 Å². The summed E-state index contributed by atoms with van der Waals surface area (Å²) in [7, 11) is 0. The normalized spacial score (nSPS) is 10.3. The maximum absolute atomic E-state index is 11.6. The zero-order chi connectivity index (χ0) is 11.7. The second-order valence-corrected chi connectivity index (χ2v) is 3.18. The minimum Gasteiger partial charge on any atom is -0.390 e. The molecule has 0 radical (unpaired) electrons. The van der Waals surface area contributed by atoms with Gasteiger partial charge in [0.2, 0.25) is 0 Å². The van der Waals surface area contributed by atoms with Crippen molar-refractivity contribution in [3.05, 3.63) is 27.5 Å². The predicted molar refractivity (Wildman–Crippen MR) is 50.6 cm³/mol. The molecule has 2 aromatic rings. The molecule has 0 unspecified atom stereocenters. The molecular weight excluding hydrogens is 286 g/mol. The minimum atomic E-state index is -0.810. The highest BCUT2D eigenvalue weighted by Crippen LogP contribution is 2.11. The lowest BCUT2D eigenvalue weighted by molar-refractivity contribution is -0.394. The van der Waals surface area contributed by atoms with Crippen LogP contribution >= 0.6 is 15.9 Å². The van der Waals surface area contributed by atoms with Crippen molar-refractivity contribution in [1.29, 1.82) is 0 Å². The highest BCUT2D eigenvalue weighted by atomic mass is 79.9. The molecule has 0 aliphatic rings. The van der Waals surface area contributed by atoms with Gasteiger partial charge in [-0.1, -0.05) is 4.68 Å². The van der Waals surface area contributed by atoms with Crippen LogP contribution in [0.2, 0.25) is 0 Å². The van der Waals surface area contributed by atoms with Gasteiger partial charge >= 0.3 is 12.0 Å². The maximum atomic E-state index is 11.6. The Balaban J connectivity index is 2.41. The molecule has 0 fully saturated rings. The first-order valence-corrected chi connectivity index (χ1v) is 4.55. The second-order valence-electron chi connectivity index (χ2n) is 2.47. The molecule has 2 rings (SSSR count). The first kappa shape index (κ1) is 10.4. The Labute approximate surface area is 95.2 Å². The van der Waals surface area contributed by atoms with Crippen molar-refractivity contribution < 1.29 is 9.72 Å². The van der Waals surface area contributed by atoms with Gasteiger partial charge in [-0.05, 0) is 9.91 Å². The number of aromatic nitrogens is 6. The molecule has 0 spiro atoms. The number of carbonyl (C=O) groups is 1. The molecule has 10 nitrogen and oxygen atoms in total. The summed E-state index contributed by atoms with van der Waals surface area (Å²) in [4.78, 5) is 28.2. The smallest absolute Gasteiger partial charge is 0.390 e. The molecule has 0 saturated heterocycles. The molecule has 0 bridgehead atoms. The van der Waals surface area contributed by atoms with Crippen LogP contribution in [0.5, 0.6) is 0 Å². The predicted octanol–water partition coefficient (Wildman–Crippen LogP) is 0.0567. The molecule has 0 saturated carbocycles. The van der Waals surface area contributed by atoms with Gasteiger partial charge in [-0.3, -0.25) is 0 Å². The van der Waals surface area contributed by atoms with E-state index in [-0.39, 0.29) is 4.73 Å². The highest BCUT2D eigenvalue weighted by molar-refractivity contribution is 9.10. The van der Waals surface area contributed by atoms with Gasteiger partial charge in [-0.25, -0.2) is 9.78 Å². The quantitative estimate of drug-likeness (QED) is 0.537. The maximum Gasteiger partial charge on any atom is 0.492 e. The average Bonchev–Trinajstić information content (AvgIpc) is 2.84. The van der Waals surface area contributed by atoms with Crippen molar-refractivity contribution in [2.45, 2.75) is 0 Å². The number of hydrogen-bond donors (Lipinski definition) is 0. The number of carbonyl (C=O) groups excluding carboxylic acids is 1. The molecule has 0 aromatic carbocycles. The molecule has 0 aliphatic heterocycles. The fraction of sp³-hybridized carbons (Fsp3) is 0. The zero-order valence-electron chi connectivity index (χ0n) is 7.39. The van der Waals surface area contributed by atoms with Crippen LogP contribution in [0.15, 0.2) is 17.4 Å². The van der Waals surface area contributed by atoms with Crippen molar-refractivity contribution in [2.24, 2.45) is 0 Å². The van der Waals surface area contributed by atoms with Crippen LogP contribution in [0.4, 0.5) is 10.7 Å². The van der Waals surface area contributed by atoms with Gasteiger partial charge in [-0.2, -0.15) is 9.78 Å². The Morgan fingerprint density at radius 3 is 2.81 bits per heavy atom. The van der Waals surface area contributed by atoms with E-state index < -0.39 is 16.9 Å². The Kier molecular flexibility index (Phi) is 2.44. The molecule has 2 heterocycles. The van der Waals surface area contributed by atoms with E-state index in [0.29, 0.717) is 4.68 Å². The molecule has 0 N–H and O–H groups in total. The Morgan fingerprint density at radius 2 is 2.31 bits per heavy atom. The van der Waals surface area contributed by atoms with Crippen LogP contribution < -0.4 is 0 Å². The lowest BCUT2D eigenvalue weighted by Crippen LogP contribution is -2.21. The monoisotopic (exact) mass is 287 g/mol. The Bertz CT molecular complexity index is 546. The Morgan fingerprint density at radius 1 is 1.56 bits per heavy atom. The number of hydrogen-bond acceptors (Lipinski definition) is 7. The topological polar surface area (TPSA) is 122 Å². The summed E-state index contributed by atoms with van der Waals surface area (Å²) in [6, 6.07) is -0.732. The highest BCUT2D eigenvalue weighted by Gasteiger charge is 2.25. The van der Waals surface area contributed by atoms with Crippen molar-refractivity contribution in [3.8, 4) is 0 Å².